The summed E-state index contributed by atoms with van der Waals surface area (Å²) in [5.41, 5.74) is -1.74. The molecule has 4 rings (SSSR count). The van der Waals surface area contributed by atoms with Gasteiger partial charge >= 0.3 is 5.97 Å². The second kappa shape index (κ2) is 14.3. The first-order valence-electron chi connectivity index (χ1n) is 13.8. The van der Waals surface area contributed by atoms with Crippen molar-refractivity contribution >= 4 is 12.0 Å². The van der Waals surface area contributed by atoms with Gasteiger partial charge in [-0.1, -0.05) is 12.1 Å². The summed E-state index contributed by atoms with van der Waals surface area (Å²) in [5, 5.41) is 113. The van der Waals surface area contributed by atoms with Crippen molar-refractivity contribution in [2.75, 3.05) is 13.2 Å². The highest BCUT2D eigenvalue weighted by Crippen LogP contribution is 2.38. The molecule has 0 unspecified atom stereocenters. The smallest absolute Gasteiger partial charge is 0.330 e. The lowest BCUT2D eigenvalue weighted by Crippen LogP contribution is -2.70. The van der Waals surface area contributed by atoms with Gasteiger partial charge in [-0.3, -0.25) is 0 Å². The Kier molecular flexibility index (Phi) is 10.9. The van der Waals surface area contributed by atoms with Gasteiger partial charge in [0.2, 0.25) is 0 Å². The average molecular weight is 641 g/mol. The van der Waals surface area contributed by atoms with Gasteiger partial charge in [-0.15, -0.1) is 0 Å². The number of aliphatic hydroxyl groups is 7. The summed E-state index contributed by atoms with van der Waals surface area (Å²) in [4.78, 5) is 12.3. The van der Waals surface area contributed by atoms with Crippen molar-refractivity contribution in [3.63, 3.8) is 0 Å². The van der Waals surface area contributed by atoms with Crippen LogP contribution in [0.2, 0.25) is 0 Å². The lowest BCUT2D eigenvalue weighted by molar-refractivity contribution is -0.380. The Morgan fingerprint density at radius 3 is 2.13 bits per heavy atom. The Bertz CT molecular complexity index is 1350. The Morgan fingerprint density at radius 2 is 1.49 bits per heavy atom. The molecule has 0 bridgehead atoms. The minimum absolute atomic E-state index is 0.0801. The van der Waals surface area contributed by atoms with Gasteiger partial charge < -0.3 is 75.1 Å². The number of hydrogen-bond donors (Lipinski definition) is 11. The summed E-state index contributed by atoms with van der Waals surface area (Å²) < 4.78 is 21.6. The Morgan fingerprint density at radius 1 is 0.822 bits per heavy atom. The molecule has 0 radical (unpaired) electrons. The number of carbonyl (C=O) groups excluding carboxylic acids is 1. The summed E-state index contributed by atoms with van der Waals surface area (Å²) in [5.74, 6) is -2.57. The highest BCUT2D eigenvalue weighted by Gasteiger charge is 2.58. The summed E-state index contributed by atoms with van der Waals surface area (Å²) in [6, 6.07) is 7.62. The third-order valence-electron chi connectivity index (χ3n) is 7.70. The van der Waals surface area contributed by atoms with E-state index in [1.165, 1.54) is 42.5 Å². The van der Waals surface area contributed by atoms with Crippen LogP contribution >= 0.6 is 0 Å². The van der Waals surface area contributed by atoms with Crippen LogP contribution in [0.4, 0.5) is 0 Å². The maximum atomic E-state index is 12.3. The van der Waals surface area contributed by atoms with E-state index in [0.717, 1.165) is 6.08 Å². The van der Waals surface area contributed by atoms with Crippen LogP contribution in [0.3, 0.4) is 0 Å². The molecule has 2 aromatic carbocycles. The molecule has 2 aliphatic heterocycles. The maximum absolute atomic E-state index is 12.3. The molecule has 2 saturated heterocycles. The predicted octanol–water partition coefficient (Wildman–Crippen LogP) is -2.31. The Balaban J connectivity index is 1.53. The molecule has 45 heavy (non-hydrogen) atoms. The van der Waals surface area contributed by atoms with Gasteiger partial charge in [0.15, 0.2) is 35.6 Å². The zero-order valence-corrected chi connectivity index (χ0v) is 23.6. The normalized spacial score (nSPS) is 33.7. The van der Waals surface area contributed by atoms with Gasteiger partial charge in [-0.2, -0.15) is 0 Å². The maximum Gasteiger partial charge on any atom is 0.330 e. The van der Waals surface area contributed by atoms with Crippen LogP contribution < -0.4 is 0 Å². The van der Waals surface area contributed by atoms with E-state index in [2.05, 4.69) is 0 Å². The van der Waals surface area contributed by atoms with Crippen LogP contribution in [-0.4, -0.2) is 136 Å². The molecular formula is C29H36O16. The predicted molar refractivity (Wildman–Crippen MR) is 148 cm³/mol. The van der Waals surface area contributed by atoms with Crippen LogP contribution in [0.15, 0.2) is 42.5 Å². The van der Waals surface area contributed by atoms with Crippen LogP contribution in [0, 0.1) is 0 Å². The molecule has 2 aliphatic rings. The van der Waals surface area contributed by atoms with E-state index >= 15 is 0 Å². The molecule has 16 heteroatoms. The summed E-state index contributed by atoms with van der Waals surface area (Å²) in [6.45, 7) is -1.48. The van der Waals surface area contributed by atoms with Crippen molar-refractivity contribution in [3.8, 4) is 23.0 Å². The van der Waals surface area contributed by atoms with Crippen molar-refractivity contribution in [2.24, 2.45) is 0 Å². The fraction of sp³-hybridized carbons (Fsp3) is 0.483. The van der Waals surface area contributed by atoms with Crippen molar-refractivity contribution in [1.82, 2.24) is 0 Å². The minimum atomic E-state index is -2.47. The third kappa shape index (κ3) is 7.64. The third-order valence-corrected chi connectivity index (χ3v) is 7.70. The van der Waals surface area contributed by atoms with Crippen LogP contribution in [0.1, 0.15) is 17.5 Å². The molecule has 0 spiro atoms. The fourth-order valence-corrected chi connectivity index (χ4v) is 5.01. The number of carbonyl (C=O) groups is 1. The number of ether oxygens (including phenoxy) is 4. The van der Waals surface area contributed by atoms with E-state index in [-0.39, 0.29) is 12.2 Å². The quantitative estimate of drug-likeness (QED) is 0.0739. The molecule has 10 atom stereocenters. The minimum Gasteiger partial charge on any atom is -0.504 e. The lowest BCUT2D eigenvalue weighted by atomic mass is 9.81. The van der Waals surface area contributed by atoms with Crippen molar-refractivity contribution in [1.29, 1.82) is 0 Å². The van der Waals surface area contributed by atoms with Crippen molar-refractivity contribution < 1.29 is 79.9 Å². The number of hydrogen-bond acceptors (Lipinski definition) is 16. The van der Waals surface area contributed by atoms with Crippen molar-refractivity contribution in [2.45, 2.75) is 73.8 Å². The second-order valence-electron chi connectivity index (χ2n) is 10.8. The molecular weight excluding hydrogens is 604 g/mol. The molecule has 248 valence electrons. The second-order valence-corrected chi connectivity index (χ2v) is 10.8. The Labute approximate surface area is 255 Å². The largest absolute Gasteiger partial charge is 0.504 e. The van der Waals surface area contributed by atoms with E-state index in [1.807, 2.05) is 0 Å². The van der Waals surface area contributed by atoms with Crippen LogP contribution in [0.25, 0.3) is 6.08 Å². The highest BCUT2D eigenvalue weighted by molar-refractivity contribution is 5.87. The van der Waals surface area contributed by atoms with Gasteiger partial charge in [0.1, 0.15) is 54.9 Å². The van der Waals surface area contributed by atoms with Gasteiger partial charge in [-0.25, -0.2) is 4.79 Å². The monoisotopic (exact) mass is 640 g/mol. The van der Waals surface area contributed by atoms with Gasteiger partial charge in [-0.05, 0) is 54.3 Å². The number of aliphatic hydroxyl groups excluding tert-OH is 6. The Hall–Kier alpha value is -3.55. The topological polar surface area (TPSA) is 277 Å². The van der Waals surface area contributed by atoms with Crippen molar-refractivity contribution in [3.05, 3.63) is 53.6 Å². The molecule has 16 nitrogen and oxygen atoms in total. The molecule has 2 heterocycles. The molecule has 0 saturated carbocycles. The SMILES string of the molecule is O=C(C=Cc1ccc(O)c(O)c1)OC[C@H]1O[C@@H](O)[C@@](O)(CCc2ccc(O)c(O)c2)[C@@H](O[C@@H]2O[C@H](CO)[C@@H](O)[C@@H](O)[C@H]2O)[C@@H]1O. The first kappa shape index (κ1) is 34.3. The standard InChI is InChI=1S/C29H36O16/c30-11-19-22(36)24(38)25(39)27(43-19)45-26-23(37)20(12-42-21(35)6-3-13-1-4-15(31)17(33)9-13)44-28(40)29(26,41)8-7-14-2-5-16(32)18(34)10-14/h1-6,9-10,19-20,22-28,30-34,36-41H,7-8,11-12H2/t19-,20-,22-,23-,24-,25-,26+,27+,28-,29-/m1/s1. The number of benzene rings is 2. The first-order valence-corrected chi connectivity index (χ1v) is 13.8. The number of rotatable bonds is 10. The molecule has 0 aliphatic carbocycles. The number of aryl methyl sites for hydroxylation is 1. The summed E-state index contributed by atoms with van der Waals surface area (Å²) in [7, 11) is 0. The van der Waals surface area contributed by atoms with E-state index in [9.17, 15) is 61.0 Å². The zero-order chi connectivity index (χ0) is 33.1. The van der Waals surface area contributed by atoms with Gasteiger partial charge in [0, 0.05) is 6.08 Å². The lowest BCUT2D eigenvalue weighted by Gasteiger charge is -2.50. The molecule has 2 fully saturated rings. The van der Waals surface area contributed by atoms with Gasteiger partial charge in [0.05, 0.1) is 6.61 Å². The number of phenolic OH excluding ortho intramolecular Hbond substituents is 4. The van der Waals surface area contributed by atoms with Gasteiger partial charge in [0.25, 0.3) is 0 Å². The molecule has 0 amide bonds. The molecule has 0 aromatic heterocycles. The van der Waals surface area contributed by atoms with Crippen LogP contribution in [-0.2, 0) is 30.2 Å². The summed E-state index contributed by atoms with van der Waals surface area (Å²) in [6.07, 6.45) is -14.4. The number of esters is 1. The molecule has 2 aromatic rings. The summed E-state index contributed by atoms with van der Waals surface area (Å²) >= 11 is 0. The van der Waals surface area contributed by atoms with E-state index in [4.69, 9.17) is 18.9 Å². The first-order chi connectivity index (χ1) is 21.2. The number of aromatic hydroxyl groups is 4. The van der Waals surface area contributed by atoms with E-state index in [0.29, 0.717) is 11.1 Å². The number of phenols is 4. The highest BCUT2D eigenvalue weighted by atomic mass is 16.7. The van der Waals surface area contributed by atoms with E-state index < -0.39 is 104 Å². The fourth-order valence-electron chi connectivity index (χ4n) is 5.01. The van der Waals surface area contributed by atoms with E-state index in [1.54, 1.807) is 0 Å². The molecule has 11 N–H and O–H groups in total. The zero-order valence-electron chi connectivity index (χ0n) is 23.6. The average Bonchev–Trinajstić information content (AvgIpc) is 3.01. The van der Waals surface area contributed by atoms with Crippen LogP contribution in [0.5, 0.6) is 23.0 Å².